The van der Waals surface area contributed by atoms with E-state index in [-0.39, 0.29) is 5.56 Å². The second-order valence-electron chi connectivity index (χ2n) is 7.02. The van der Waals surface area contributed by atoms with E-state index in [1.165, 1.54) is 0 Å². The molecule has 3 aromatic rings. The van der Waals surface area contributed by atoms with E-state index in [0.717, 1.165) is 42.6 Å². The van der Waals surface area contributed by atoms with Crippen molar-refractivity contribution >= 4 is 0 Å². The van der Waals surface area contributed by atoms with Crippen LogP contribution in [-0.2, 0) is 19.4 Å². The Morgan fingerprint density at radius 3 is 3.00 bits per heavy atom. The molecule has 0 saturated carbocycles. The van der Waals surface area contributed by atoms with E-state index in [1.807, 2.05) is 42.5 Å². The number of fused-ring (bicyclic) bond motifs is 1. The Kier molecular flexibility index (Phi) is 4.61. The molecule has 1 aliphatic carbocycles. The smallest absolute Gasteiger partial charge is 0.276 e. The van der Waals surface area contributed by atoms with Crippen molar-refractivity contribution in [2.75, 3.05) is 7.05 Å². The summed E-state index contributed by atoms with van der Waals surface area (Å²) in [4.78, 5) is 19.4. The van der Waals surface area contributed by atoms with Crippen LogP contribution < -0.4 is 5.56 Å². The number of aryl methyl sites for hydroxylation is 1. The van der Waals surface area contributed by atoms with E-state index in [2.05, 4.69) is 28.1 Å². The molecule has 1 unspecified atom stereocenters. The zero-order valence-corrected chi connectivity index (χ0v) is 15.2. The van der Waals surface area contributed by atoms with Crippen molar-refractivity contribution in [2.24, 2.45) is 0 Å². The quantitative estimate of drug-likeness (QED) is 0.776. The molecule has 136 valence electrons. The number of H-pyrrole nitrogens is 1. The number of nitrogens with one attached hydrogen (secondary N) is 1. The second kappa shape index (κ2) is 7.22. The number of rotatable bonds is 4. The summed E-state index contributed by atoms with van der Waals surface area (Å²) in [6.45, 7) is 0.758. The van der Waals surface area contributed by atoms with Gasteiger partial charge in [-0.1, -0.05) is 18.2 Å². The van der Waals surface area contributed by atoms with E-state index < -0.39 is 0 Å². The van der Waals surface area contributed by atoms with Crippen molar-refractivity contribution in [1.82, 2.24) is 19.7 Å². The standard InChI is InChI=1S/C21H21N5O/c1-25(14-16-6-4-5-15(11-16)13-22)17-8-9-19-18(12-17)21(27)26(24-19)20-7-2-3-10-23-20/h2-7,10-11,17,24H,8-9,12,14H2,1H3. The Morgan fingerprint density at radius 1 is 1.33 bits per heavy atom. The van der Waals surface area contributed by atoms with Gasteiger partial charge in [-0.2, -0.15) is 5.26 Å². The molecule has 0 bridgehead atoms. The van der Waals surface area contributed by atoms with Crippen LogP contribution in [0.3, 0.4) is 0 Å². The summed E-state index contributed by atoms with van der Waals surface area (Å²) >= 11 is 0. The zero-order valence-electron chi connectivity index (χ0n) is 15.2. The van der Waals surface area contributed by atoms with E-state index in [9.17, 15) is 4.79 Å². The van der Waals surface area contributed by atoms with Crippen molar-refractivity contribution < 1.29 is 0 Å². The van der Waals surface area contributed by atoms with Gasteiger partial charge in [-0.15, -0.1) is 0 Å². The van der Waals surface area contributed by atoms with E-state index >= 15 is 0 Å². The summed E-state index contributed by atoms with van der Waals surface area (Å²) in [5.41, 5.74) is 3.66. The summed E-state index contributed by atoms with van der Waals surface area (Å²) in [7, 11) is 2.08. The van der Waals surface area contributed by atoms with Crippen LogP contribution in [0, 0.1) is 11.3 Å². The minimum atomic E-state index is -0.00622. The molecule has 0 aliphatic heterocycles. The molecule has 0 spiro atoms. The number of hydrogen-bond acceptors (Lipinski definition) is 4. The predicted octanol–water partition coefficient (Wildman–Crippen LogP) is 2.42. The predicted molar refractivity (Wildman–Crippen MR) is 103 cm³/mol. The van der Waals surface area contributed by atoms with Crippen LogP contribution in [0.5, 0.6) is 0 Å². The normalized spacial score (nSPS) is 16.1. The fourth-order valence-electron chi connectivity index (χ4n) is 3.76. The first-order valence-corrected chi connectivity index (χ1v) is 9.09. The highest BCUT2D eigenvalue weighted by atomic mass is 16.1. The largest absolute Gasteiger partial charge is 0.299 e. The highest BCUT2D eigenvalue weighted by Gasteiger charge is 2.27. The van der Waals surface area contributed by atoms with Crippen molar-refractivity contribution in [1.29, 1.82) is 5.26 Å². The average Bonchev–Trinajstić information content (AvgIpc) is 3.05. The molecule has 4 rings (SSSR count). The van der Waals surface area contributed by atoms with Crippen molar-refractivity contribution in [3.63, 3.8) is 0 Å². The summed E-state index contributed by atoms with van der Waals surface area (Å²) in [5.74, 6) is 0.620. The molecule has 1 atom stereocenters. The number of aromatic nitrogens is 3. The summed E-state index contributed by atoms with van der Waals surface area (Å²) in [5, 5.41) is 12.3. The van der Waals surface area contributed by atoms with Gasteiger partial charge in [0.2, 0.25) is 0 Å². The molecule has 27 heavy (non-hydrogen) atoms. The first kappa shape index (κ1) is 17.3. The van der Waals surface area contributed by atoms with E-state index in [4.69, 9.17) is 5.26 Å². The Labute approximate surface area is 157 Å². The fourth-order valence-corrected chi connectivity index (χ4v) is 3.76. The van der Waals surface area contributed by atoms with Gasteiger partial charge < -0.3 is 0 Å². The first-order valence-electron chi connectivity index (χ1n) is 9.09. The van der Waals surface area contributed by atoms with E-state index in [0.29, 0.717) is 17.4 Å². The maximum Gasteiger partial charge on any atom is 0.276 e. The lowest BCUT2D eigenvalue weighted by molar-refractivity contribution is 0.213. The van der Waals surface area contributed by atoms with Gasteiger partial charge in [-0.05, 0) is 56.1 Å². The van der Waals surface area contributed by atoms with Gasteiger partial charge in [-0.3, -0.25) is 14.8 Å². The van der Waals surface area contributed by atoms with Crippen LogP contribution in [0.15, 0.2) is 53.5 Å². The molecule has 6 heteroatoms. The van der Waals surface area contributed by atoms with Gasteiger partial charge in [0.1, 0.15) is 0 Å². The van der Waals surface area contributed by atoms with Crippen LogP contribution in [0.1, 0.15) is 28.8 Å². The van der Waals surface area contributed by atoms with Gasteiger partial charge in [-0.25, -0.2) is 9.67 Å². The van der Waals surface area contributed by atoms with Gasteiger partial charge >= 0.3 is 0 Å². The van der Waals surface area contributed by atoms with Crippen molar-refractivity contribution in [2.45, 2.75) is 31.8 Å². The number of nitriles is 1. The molecule has 0 saturated heterocycles. The molecule has 2 heterocycles. The lowest BCUT2D eigenvalue weighted by atomic mass is 9.92. The third kappa shape index (κ3) is 3.42. The van der Waals surface area contributed by atoms with E-state index in [1.54, 1.807) is 10.9 Å². The topological polar surface area (TPSA) is 77.7 Å². The molecule has 0 fully saturated rings. The molecular weight excluding hydrogens is 338 g/mol. The number of likely N-dealkylation sites (N-methyl/N-ethyl adjacent to an activating group) is 1. The number of benzene rings is 1. The molecule has 6 nitrogen and oxygen atoms in total. The molecule has 2 aromatic heterocycles. The Morgan fingerprint density at radius 2 is 2.22 bits per heavy atom. The van der Waals surface area contributed by atoms with Gasteiger partial charge in [0, 0.05) is 30.0 Å². The Hall–Kier alpha value is -3.17. The summed E-state index contributed by atoms with van der Waals surface area (Å²) < 4.78 is 1.55. The van der Waals surface area contributed by atoms with Crippen LogP contribution in [0.2, 0.25) is 0 Å². The zero-order chi connectivity index (χ0) is 18.8. The van der Waals surface area contributed by atoms with Crippen LogP contribution in [-0.4, -0.2) is 32.8 Å². The summed E-state index contributed by atoms with van der Waals surface area (Å²) in [6.07, 6.45) is 4.24. The number of hydrogen-bond donors (Lipinski definition) is 1. The Bertz CT molecular complexity index is 1040. The molecule has 0 radical (unpaired) electrons. The minimum Gasteiger partial charge on any atom is -0.299 e. The summed E-state index contributed by atoms with van der Waals surface area (Å²) in [6, 6.07) is 15.7. The average molecular weight is 359 g/mol. The highest BCUT2D eigenvalue weighted by Crippen LogP contribution is 2.22. The van der Waals surface area contributed by atoms with Crippen LogP contribution >= 0.6 is 0 Å². The first-order chi connectivity index (χ1) is 13.2. The van der Waals surface area contributed by atoms with Gasteiger partial charge in [0.25, 0.3) is 5.56 Å². The maximum atomic E-state index is 12.9. The number of nitrogens with zero attached hydrogens (tertiary/aromatic N) is 4. The third-order valence-corrected chi connectivity index (χ3v) is 5.23. The van der Waals surface area contributed by atoms with Crippen molar-refractivity contribution in [3.05, 3.63) is 81.4 Å². The van der Waals surface area contributed by atoms with Gasteiger partial charge in [0.05, 0.1) is 11.6 Å². The number of pyridine rings is 1. The second-order valence-corrected chi connectivity index (χ2v) is 7.02. The minimum absolute atomic E-state index is 0.00622. The third-order valence-electron chi connectivity index (χ3n) is 5.23. The maximum absolute atomic E-state index is 12.9. The van der Waals surface area contributed by atoms with Crippen LogP contribution in [0.4, 0.5) is 0 Å². The molecule has 0 amide bonds. The lowest BCUT2D eigenvalue weighted by Gasteiger charge is -2.30. The molecule has 1 N–H and O–H groups in total. The van der Waals surface area contributed by atoms with Crippen molar-refractivity contribution in [3.8, 4) is 11.9 Å². The highest BCUT2D eigenvalue weighted by molar-refractivity contribution is 5.33. The molecule has 1 aromatic carbocycles. The fraction of sp³-hybridized carbons (Fsp3) is 0.286. The Balaban J connectivity index is 1.53. The van der Waals surface area contributed by atoms with Gasteiger partial charge in [0.15, 0.2) is 5.82 Å². The number of aromatic amines is 1. The monoisotopic (exact) mass is 359 g/mol. The van der Waals surface area contributed by atoms with Crippen LogP contribution in [0.25, 0.3) is 5.82 Å². The molecule has 1 aliphatic rings. The SMILES string of the molecule is CN(Cc1cccc(C#N)c1)C1CCc2[nH]n(-c3ccccn3)c(=O)c2C1. The lowest BCUT2D eigenvalue weighted by Crippen LogP contribution is -2.37. The molecular formula is C21H21N5O.